The van der Waals surface area contributed by atoms with E-state index in [4.69, 9.17) is 4.74 Å². The van der Waals surface area contributed by atoms with Crippen LogP contribution in [0.5, 0.6) is 0 Å². The summed E-state index contributed by atoms with van der Waals surface area (Å²) in [4.78, 5) is 2.31. The smallest absolute Gasteiger partial charge is 0.0466 e. The summed E-state index contributed by atoms with van der Waals surface area (Å²) in [5, 5.41) is 0. The van der Waals surface area contributed by atoms with E-state index in [0.29, 0.717) is 0 Å². The van der Waals surface area contributed by atoms with Crippen LogP contribution in [0.2, 0.25) is 0 Å². The van der Waals surface area contributed by atoms with Gasteiger partial charge in [-0.05, 0) is 51.6 Å². The van der Waals surface area contributed by atoms with Gasteiger partial charge in [0.25, 0.3) is 0 Å². The molecule has 0 atom stereocenters. The van der Waals surface area contributed by atoms with Crippen LogP contribution in [0.25, 0.3) is 0 Å². The first kappa shape index (κ1) is 19.0. The fourth-order valence-electron chi connectivity index (χ4n) is 1.74. The fourth-order valence-corrected chi connectivity index (χ4v) is 3.61. The zero-order chi connectivity index (χ0) is 13.8. The molecule has 0 amide bonds. The lowest BCUT2D eigenvalue weighted by molar-refractivity contribution is 0.123. The van der Waals surface area contributed by atoms with E-state index in [1.807, 2.05) is 0 Å². The number of nitrogens with zero attached hydrogens (tertiary/aromatic N) is 1. The van der Waals surface area contributed by atoms with E-state index in [2.05, 4.69) is 49.1 Å². The SMILES string of the molecule is CC(C)CCCOCCCCCN(C)C[SH](S)S. The molecule has 0 aromatic heterocycles. The standard InChI is InChI=1S/C13H31NOS3/c1-13(2)8-7-11-15-10-6-4-5-9-14(3)12-18(16)17/h13,16-18H,4-12H2,1-3H3. The lowest BCUT2D eigenvalue weighted by Gasteiger charge is -2.19. The van der Waals surface area contributed by atoms with E-state index in [-0.39, 0.29) is 8.96 Å². The molecule has 0 aliphatic rings. The molecule has 0 unspecified atom stereocenters. The second kappa shape index (κ2) is 13.0. The number of thiol groups is 3. The summed E-state index contributed by atoms with van der Waals surface area (Å²) in [6.45, 7) is 7.53. The van der Waals surface area contributed by atoms with Crippen LogP contribution in [-0.2, 0) is 4.74 Å². The Morgan fingerprint density at radius 1 is 1.06 bits per heavy atom. The molecule has 0 N–H and O–H groups in total. The number of ether oxygens (including phenoxy) is 1. The molecule has 0 aliphatic heterocycles. The van der Waals surface area contributed by atoms with Crippen molar-refractivity contribution in [2.45, 2.75) is 46.0 Å². The summed E-state index contributed by atoms with van der Waals surface area (Å²) >= 11 is 8.66. The third-order valence-corrected chi connectivity index (χ3v) is 4.26. The average Bonchev–Trinajstić information content (AvgIpc) is 2.25. The first-order chi connectivity index (χ1) is 8.52. The highest BCUT2D eigenvalue weighted by molar-refractivity contribution is 9.09. The van der Waals surface area contributed by atoms with Gasteiger partial charge in [0.1, 0.15) is 0 Å². The maximum Gasteiger partial charge on any atom is 0.0466 e. The Kier molecular flexibility index (Phi) is 13.7. The lowest BCUT2D eigenvalue weighted by Crippen LogP contribution is -2.19. The Bertz CT molecular complexity index is 180. The van der Waals surface area contributed by atoms with Crippen molar-refractivity contribution in [1.29, 1.82) is 0 Å². The minimum atomic E-state index is -0.390. The quantitative estimate of drug-likeness (QED) is 0.284. The zero-order valence-electron chi connectivity index (χ0n) is 12.1. The molecule has 0 aliphatic carbocycles. The summed E-state index contributed by atoms with van der Waals surface area (Å²) in [7, 11) is 1.75. The molecular formula is C13H31NOS3. The summed E-state index contributed by atoms with van der Waals surface area (Å²) in [6.07, 6.45) is 6.17. The molecule has 0 aromatic rings. The fraction of sp³-hybridized carbons (Fsp3) is 1.00. The van der Waals surface area contributed by atoms with Crippen LogP contribution in [0.1, 0.15) is 46.0 Å². The van der Waals surface area contributed by atoms with E-state index >= 15 is 0 Å². The molecule has 0 heterocycles. The molecule has 0 aromatic carbocycles. The van der Waals surface area contributed by atoms with Gasteiger partial charge in [-0.15, -0.1) is 32.3 Å². The normalized spacial score (nSPS) is 12.5. The van der Waals surface area contributed by atoms with Gasteiger partial charge >= 0.3 is 0 Å². The Hall–Kier alpha value is 0.970. The average molecular weight is 314 g/mol. The van der Waals surface area contributed by atoms with Crippen molar-refractivity contribution in [3.05, 3.63) is 0 Å². The maximum atomic E-state index is 5.62. The molecule has 18 heavy (non-hydrogen) atoms. The Labute approximate surface area is 126 Å². The predicted molar refractivity (Wildman–Crippen MR) is 93.2 cm³/mol. The van der Waals surface area contributed by atoms with Crippen molar-refractivity contribution in [2.24, 2.45) is 5.92 Å². The number of unbranched alkanes of at least 4 members (excludes halogenated alkanes) is 2. The van der Waals surface area contributed by atoms with Gasteiger partial charge in [0.15, 0.2) is 0 Å². The number of rotatable bonds is 12. The first-order valence-corrected chi connectivity index (χ1v) is 10.8. The molecule has 0 saturated heterocycles. The first-order valence-electron chi connectivity index (χ1n) is 6.94. The Balaban J connectivity index is 3.11. The molecule has 5 heteroatoms. The van der Waals surface area contributed by atoms with Crippen molar-refractivity contribution >= 4 is 32.3 Å². The molecule has 0 saturated carbocycles. The van der Waals surface area contributed by atoms with Gasteiger partial charge in [0, 0.05) is 19.1 Å². The van der Waals surface area contributed by atoms with Gasteiger partial charge in [-0.3, -0.25) is 4.90 Å². The van der Waals surface area contributed by atoms with E-state index in [9.17, 15) is 0 Å². The van der Waals surface area contributed by atoms with Crippen molar-refractivity contribution in [3.8, 4) is 0 Å². The minimum Gasteiger partial charge on any atom is -0.381 e. The van der Waals surface area contributed by atoms with Crippen LogP contribution in [0.15, 0.2) is 0 Å². The van der Waals surface area contributed by atoms with Crippen LogP contribution in [-0.4, -0.2) is 37.6 Å². The monoisotopic (exact) mass is 313 g/mol. The maximum absolute atomic E-state index is 5.62. The third-order valence-electron chi connectivity index (χ3n) is 2.77. The van der Waals surface area contributed by atoms with Crippen LogP contribution in [0.4, 0.5) is 0 Å². The zero-order valence-corrected chi connectivity index (χ0v) is 14.8. The third kappa shape index (κ3) is 15.0. The molecule has 0 spiro atoms. The lowest BCUT2D eigenvalue weighted by atomic mass is 10.1. The van der Waals surface area contributed by atoms with E-state index < -0.39 is 0 Å². The van der Waals surface area contributed by atoms with Gasteiger partial charge < -0.3 is 4.74 Å². The van der Waals surface area contributed by atoms with Gasteiger partial charge in [-0.1, -0.05) is 13.8 Å². The summed E-state index contributed by atoms with van der Waals surface area (Å²) in [6, 6.07) is 0. The molecule has 0 fully saturated rings. The van der Waals surface area contributed by atoms with Crippen molar-refractivity contribution < 1.29 is 4.74 Å². The van der Waals surface area contributed by atoms with Crippen LogP contribution < -0.4 is 0 Å². The Morgan fingerprint density at radius 2 is 1.72 bits per heavy atom. The summed E-state index contributed by atoms with van der Waals surface area (Å²) in [5.74, 6) is 1.81. The highest BCUT2D eigenvalue weighted by atomic mass is 33.5. The van der Waals surface area contributed by atoms with Crippen molar-refractivity contribution in [2.75, 3.05) is 32.7 Å². The molecule has 2 nitrogen and oxygen atoms in total. The number of hydrogen-bond donors (Lipinski definition) is 3. The second-order valence-electron chi connectivity index (χ2n) is 5.30. The van der Waals surface area contributed by atoms with Crippen LogP contribution in [0.3, 0.4) is 0 Å². The molecule has 0 rings (SSSR count). The number of hydrogen-bond acceptors (Lipinski definition) is 4. The van der Waals surface area contributed by atoms with E-state index in [0.717, 1.165) is 31.6 Å². The Morgan fingerprint density at radius 3 is 2.33 bits per heavy atom. The van der Waals surface area contributed by atoms with E-state index in [1.165, 1.54) is 32.1 Å². The van der Waals surface area contributed by atoms with Crippen LogP contribution >= 0.6 is 32.3 Å². The van der Waals surface area contributed by atoms with Gasteiger partial charge in [0.2, 0.25) is 0 Å². The van der Waals surface area contributed by atoms with Crippen molar-refractivity contribution in [3.63, 3.8) is 0 Å². The van der Waals surface area contributed by atoms with Crippen molar-refractivity contribution in [1.82, 2.24) is 4.90 Å². The van der Waals surface area contributed by atoms with Gasteiger partial charge in [0.05, 0.1) is 0 Å². The van der Waals surface area contributed by atoms with Gasteiger partial charge in [-0.2, -0.15) is 0 Å². The predicted octanol–water partition coefficient (Wildman–Crippen LogP) is 4.19. The molecular weight excluding hydrogens is 282 g/mol. The van der Waals surface area contributed by atoms with E-state index in [1.54, 1.807) is 0 Å². The molecule has 112 valence electrons. The molecule has 0 radical (unpaired) electrons. The van der Waals surface area contributed by atoms with Crippen LogP contribution in [0, 0.1) is 5.92 Å². The van der Waals surface area contributed by atoms with Gasteiger partial charge in [-0.25, -0.2) is 0 Å². The second-order valence-corrected chi connectivity index (χ2v) is 10.2. The highest BCUT2D eigenvalue weighted by Crippen LogP contribution is 2.34. The summed E-state index contributed by atoms with van der Waals surface area (Å²) < 4.78 is 5.62. The molecule has 0 bridgehead atoms. The topological polar surface area (TPSA) is 12.5 Å². The largest absolute Gasteiger partial charge is 0.381 e. The minimum absolute atomic E-state index is 0.390. The summed E-state index contributed by atoms with van der Waals surface area (Å²) in [5.41, 5.74) is 0. The highest BCUT2D eigenvalue weighted by Gasteiger charge is 2.00.